The summed E-state index contributed by atoms with van der Waals surface area (Å²) >= 11 is 3.50. The average molecular weight is 448 g/mol. The van der Waals surface area contributed by atoms with Crippen molar-refractivity contribution in [3.8, 4) is 5.88 Å². The van der Waals surface area contributed by atoms with Gasteiger partial charge in [0.1, 0.15) is 18.5 Å². The number of halogens is 1. The number of amides is 1. The number of carbonyl (C=O) groups is 1. The minimum atomic E-state index is -0.192. The number of rotatable bonds is 5. The van der Waals surface area contributed by atoms with Crippen molar-refractivity contribution >= 4 is 21.8 Å². The van der Waals surface area contributed by atoms with Crippen molar-refractivity contribution in [2.24, 2.45) is 0 Å². The van der Waals surface area contributed by atoms with E-state index in [-0.39, 0.29) is 17.9 Å². The van der Waals surface area contributed by atoms with Crippen LogP contribution in [0.2, 0.25) is 0 Å². The lowest BCUT2D eigenvalue weighted by Gasteiger charge is -2.33. The van der Waals surface area contributed by atoms with E-state index in [0.29, 0.717) is 37.7 Å². The third-order valence-corrected chi connectivity index (χ3v) is 5.56. The fourth-order valence-electron chi connectivity index (χ4n) is 3.09. The predicted octanol–water partition coefficient (Wildman–Crippen LogP) is 3.90. The molecule has 0 radical (unpaired) electrons. The molecule has 1 fully saturated rings. The first-order chi connectivity index (χ1) is 13.3. The predicted molar refractivity (Wildman–Crippen MR) is 111 cm³/mol. The Labute approximate surface area is 174 Å². The minimum Gasteiger partial charge on any atom is -0.475 e. The summed E-state index contributed by atoms with van der Waals surface area (Å²) in [5.41, 5.74) is 2.54. The molecule has 0 saturated carbocycles. The monoisotopic (exact) mass is 447 g/mol. The van der Waals surface area contributed by atoms with E-state index in [0.717, 1.165) is 21.6 Å². The average Bonchev–Trinajstić information content (AvgIpc) is 2.68. The number of morpholine rings is 1. The number of nitrogens with zero attached hydrogens (tertiary/aromatic N) is 3. The molecule has 0 aliphatic carbocycles. The van der Waals surface area contributed by atoms with E-state index >= 15 is 0 Å². The summed E-state index contributed by atoms with van der Waals surface area (Å²) in [5, 5.41) is 0. The standard InChI is InChI=1S/C21H26BrN3O3/c1-13(2)20-23-14(3)10-19(24-20)28-12-16-11-25(8-9-27-16)21(26)17-6-5-7-18(22)15(17)4/h5-7,10,13,16H,8-9,11-12H2,1-4H3. The van der Waals surface area contributed by atoms with Crippen LogP contribution in [0.5, 0.6) is 5.88 Å². The van der Waals surface area contributed by atoms with Gasteiger partial charge in [-0.1, -0.05) is 35.8 Å². The Kier molecular flexibility index (Phi) is 6.67. The van der Waals surface area contributed by atoms with Crippen LogP contribution >= 0.6 is 15.9 Å². The highest BCUT2D eigenvalue weighted by Gasteiger charge is 2.27. The molecule has 150 valence electrons. The van der Waals surface area contributed by atoms with Crippen molar-refractivity contribution in [3.63, 3.8) is 0 Å². The molecule has 3 rings (SSSR count). The quantitative estimate of drug-likeness (QED) is 0.695. The lowest BCUT2D eigenvalue weighted by Crippen LogP contribution is -2.47. The first kappa shape index (κ1) is 20.7. The molecule has 1 saturated heterocycles. The van der Waals surface area contributed by atoms with Crippen LogP contribution < -0.4 is 4.74 Å². The second-order valence-corrected chi connectivity index (χ2v) is 8.18. The molecule has 1 aromatic heterocycles. The second kappa shape index (κ2) is 9.01. The molecule has 1 unspecified atom stereocenters. The summed E-state index contributed by atoms with van der Waals surface area (Å²) in [6.07, 6.45) is -0.192. The van der Waals surface area contributed by atoms with Gasteiger partial charge in [0.15, 0.2) is 0 Å². The molecule has 0 spiro atoms. The number of carbonyl (C=O) groups excluding carboxylic acids is 1. The molecular weight excluding hydrogens is 422 g/mol. The SMILES string of the molecule is Cc1cc(OCC2CN(C(=O)c3cccc(Br)c3C)CCO2)nc(C(C)C)n1. The van der Waals surface area contributed by atoms with Crippen LogP contribution in [0.1, 0.15) is 47.2 Å². The van der Waals surface area contributed by atoms with Gasteiger partial charge in [-0.3, -0.25) is 4.79 Å². The summed E-state index contributed by atoms with van der Waals surface area (Å²) < 4.78 is 12.6. The molecule has 1 aromatic carbocycles. The highest BCUT2D eigenvalue weighted by atomic mass is 79.9. The zero-order valence-corrected chi connectivity index (χ0v) is 18.3. The molecule has 6 nitrogen and oxygen atoms in total. The molecule has 2 heterocycles. The van der Waals surface area contributed by atoms with Gasteiger partial charge >= 0.3 is 0 Å². The zero-order chi connectivity index (χ0) is 20.3. The van der Waals surface area contributed by atoms with E-state index in [1.165, 1.54) is 0 Å². The Morgan fingerprint density at radius 3 is 2.89 bits per heavy atom. The number of ether oxygens (including phenoxy) is 2. The van der Waals surface area contributed by atoms with E-state index in [1.807, 2.05) is 43.0 Å². The maximum absolute atomic E-state index is 12.9. The smallest absolute Gasteiger partial charge is 0.254 e. The largest absolute Gasteiger partial charge is 0.475 e. The number of hydrogen-bond donors (Lipinski definition) is 0. The number of benzene rings is 1. The Balaban J connectivity index is 1.64. The van der Waals surface area contributed by atoms with Crippen LogP contribution in [0, 0.1) is 13.8 Å². The van der Waals surface area contributed by atoms with E-state index in [2.05, 4.69) is 39.7 Å². The molecule has 0 N–H and O–H groups in total. The fraction of sp³-hybridized carbons (Fsp3) is 0.476. The molecular formula is C21H26BrN3O3. The lowest BCUT2D eigenvalue weighted by atomic mass is 10.1. The van der Waals surface area contributed by atoms with Crippen molar-refractivity contribution in [2.45, 2.75) is 39.7 Å². The minimum absolute atomic E-state index is 0.0204. The molecule has 1 aliphatic heterocycles. The van der Waals surface area contributed by atoms with Gasteiger partial charge in [-0.05, 0) is 31.5 Å². The summed E-state index contributed by atoms with van der Waals surface area (Å²) in [7, 11) is 0. The first-order valence-electron chi connectivity index (χ1n) is 9.49. The Morgan fingerprint density at radius 1 is 1.36 bits per heavy atom. The Bertz CT molecular complexity index is 857. The van der Waals surface area contributed by atoms with E-state index in [1.54, 1.807) is 0 Å². The van der Waals surface area contributed by atoms with Crippen molar-refractivity contribution < 1.29 is 14.3 Å². The topological polar surface area (TPSA) is 64.5 Å². The van der Waals surface area contributed by atoms with Gasteiger partial charge < -0.3 is 14.4 Å². The molecule has 1 aliphatic rings. The van der Waals surface area contributed by atoms with Crippen LogP contribution in [0.3, 0.4) is 0 Å². The highest BCUT2D eigenvalue weighted by Crippen LogP contribution is 2.22. The Hall–Kier alpha value is -1.99. The maximum atomic E-state index is 12.9. The van der Waals surface area contributed by atoms with Crippen LogP contribution in [0.25, 0.3) is 0 Å². The Morgan fingerprint density at radius 2 is 2.14 bits per heavy atom. The van der Waals surface area contributed by atoms with Crippen molar-refractivity contribution in [3.05, 3.63) is 51.4 Å². The zero-order valence-electron chi connectivity index (χ0n) is 16.7. The van der Waals surface area contributed by atoms with Gasteiger partial charge in [0.05, 0.1) is 13.2 Å². The molecule has 7 heteroatoms. The van der Waals surface area contributed by atoms with E-state index in [9.17, 15) is 4.79 Å². The summed E-state index contributed by atoms with van der Waals surface area (Å²) in [6, 6.07) is 7.51. The molecule has 2 aromatic rings. The van der Waals surface area contributed by atoms with Gasteiger partial charge in [-0.2, -0.15) is 4.98 Å². The van der Waals surface area contributed by atoms with E-state index < -0.39 is 0 Å². The molecule has 1 atom stereocenters. The van der Waals surface area contributed by atoms with Gasteiger partial charge in [-0.25, -0.2) is 4.98 Å². The number of hydrogen-bond acceptors (Lipinski definition) is 5. The highest BCUT2D eigenvalue weighted by molar-refractivity contribution is 9.10. The van der Waals surface area contributed by atoms with Crippen molar-refractivity contribution in [1.29, 1.82) is 0 Å². The van der Waals surface area contributed by atoms with Gasteiger partial charge in [0.25, 0.3) is 5.91 Å². The number of aryl methyl sites for hydroxylation is 1. The first-order valence-corrected chi connectivity index (χ1v) is 10.3. The van der Waals surface area contributed by atoms with Crippen LogP contribution in [0.4, 0.5) is 0 Å². The van der Waals surface area contributed by atoms with Crippen LogP contribution in [0.15, 0.2) is 28.7 Å². The molecule has 0 bridgehead atoms. The van der Waals surface area contributed by atoms with Gasteiger partial charge in [-0.15, -0.1) is 0 Å². The van der Waals surface area contributed by atoms with Gasteiger partial charge in [0, 0.05) is 34.3 Å². The van der Waals surface area contributed by atoms with Crippen LogP contribution in [-0.4, -0.2) is 53.2 Å². The summed E-state index contributed by atoms with van der Waals surface area (Å²) in [4.78, 5) is 23.7. The maximum Gasteiger partial charge on any atom is 0.254 e. The fourth-order valence-corrected chi connectivity index (χ4v) is 3.45. The van der Waals surface area contributed by atoms with Crippen molar-refractivity contribution in [1.82, 2.24) is 14.9 Å². The lowest BCUT2D eigenvalue weighted by molar-refractivity contribution is -0.0407. The van der Waals surface area contributed by atoms with E-state index in [4.69, 9.17) is 9.47 Å². The third kappa shape index (κ3) is 4.89. The molecule has 1 amide bonds. The summed E-state index contributed by atoms with van der Waals surface area (Å²) in [6.45, 7) is 9.88. The van der Waals surface area contributed by atoms with Crippen LogP contribution in [-0.2, 0) is 4.74 Å². The third-order valence-electron chi connectivity index (χ3n) is 4.71. The second-order valence-electron chi connectivity index (χ2n) is 7.33. The van der Waals surface area contributed by atoms with Gasteiger partial charge in [0.2, 0.25) is 5.88 Å². The number of aromatic nitrogens is 2. The molecule has 28 heavy (non-hydrogen) atoms. The summed E-state index contributed by atoms with van der Waals surface area (Å²) in [5.74, 6) is 1.56. The van der Waals surface area contributed by atoms with Crippen molar-refractivity contribution in [2.75, 3.05) is 26.3 Å². The normalized spacial score (nSPS) is 17.1.